The highest BCUT2D eigenvalue weighted by atomic mass is 35.5. The number of amides is 1. The van der Waals surface area contributed by atoms with E-state index in [1.54, 1.807) is 24.3 Å². The van der Waals surface area contributed by atoms with Crippen LogP contribution in [0.25, 0.3) is 6.08 Å². The van der Waals surface area contributed by atoms with Crippen molar-refractivity contribution in [2.24, 2.45) is 0 Å². The summed E-state index contributed by atoms with van der Waals surface area (Å²) in [5, 5.41) is 3.83. The van der Waals surface area contributed by atoms with E-state index in [2.05, 4.69) is 5.32 Å². The van der Waals surface area contributed by atoms with Crippen LogP contribution in [0, 0.1) is 0 Å². The average Bonchev–Trinajstić information content (AvgIpc) is 2.46. The lowest BCUT2D eigenvalue weighted by atomic mass is 10.2. The molecule has 2 rings (SSSR count). The van der Waals surface area contributed by atoms with Crippen LogP contribution in [0.1, 0.15) is 11.1 Å². The molecular weight excluding hydrogens is 293 g/mol. The third kappa shape index (κ3) is 4.12. The Morgan fingerprint density at radius 1 is 1.00 bits per heavy atom. The zero-order valence-electron chi connectivity index (χ0n) is 10.6. The number of carbonyl (C=O) groups is 1. The van der Waals surface area contributed by atoms with Crippen molar-refractivity contribution in [3.8, 4) is 0 Å². The number of hydrogen-bond acceptors (Lipinski definition) is 1. The van der Waals surface area contributed by atoms with E-state index in [0.717, 1.165) is 5.56 Å². The molecule has 0 unspecified atom stereocenters. The van der Waals surface area contributed by atoms with E-state index in [-0.39, 0.29) is 5.91 Å². The van der Waals surface area contributed by atoms with E-state index in [0.29, 0.717) is 22.2 Å². The van der Waals surface area contributed by atoms with Gasteiger partial charge < -0.3 is 5.32 Å². The predicted molar refractivity (Wildman–Crippen MR) is 83.8 cm³/mol. The van der Waals surface area contributed by atoms with Gasteiger partial charge in [0.2, 0.25) is 5.91 Å². The summed E-state index contributed by atoms with van der Waals surface area (Å²) in [6.07, 6.45) is 3.04. The van der Waals surface area contributed by atoms with Crippen LogP contribution >= 0.6 is 23.2 Å². The average molecular weight is 306 g/mol. The van der Waals surface area contributed by atoms with Crippen molar-refractivity contribution in [2.75, 3.05) is 0 Å². The molecule has 0 heterocycles. The van der Waals surface area contributed by atoms with Gasteiger partial charge in [0, 0.05) is 28.2 Å². The fraction of sp³-hybridized carbons (Fsp3) is 0.0625. The number of halogens is 2. The number of hydrogen-bond donors (Lipinski definition) is 1. The standard InChI is InChI=1S/C16H13Cl2NO/c17-14-7-4-8-15(18)13(14)9-10-16(20)19-11-12-5-2-1-3-6-12/h1-10H,11H2,(H,19,20)/b10-9+. The van der Waals surface area contributed by atoms with E-state index in [1.165, 1.54) is 6.08 Å². The van der Waals surface area contributed by atoms with Crippen LogP contribution in [0.15, 0.2) is 54.6 Å². The molecule has 0 aliphatic carbocycles. The Morgan fingerprint density at radius 2 is 1.65 bits per heavy atom. The molecule has 4 heteroatoms. The normalized spacial score (nSPS) is 10.7. The number of benzene rings is 2. The van der Waals surface area contributed by atoms with E-state index in [1.807, 2.05) is 30.3 Å². The second kappa shape index (κ2) is 7.13. The minimum absolute atomic E-state index is 0.190. The summed E-state index contributed by atoms with van der Waals surface area (Å²) in [6, 6.07) is 14.9. The highest BCUT2D eigenvalue weighted by Gasteiger charge is 2.02. The zero-order valence-corrected chi connectivity index (χ0v) is 12.2. The van der Waals surface area contributed by atoms with Crippen molar-refractivity contribution in [2.45, 2.75) is 6.54 Å². The topological polar surface area (TPSA) is 29.1 Å². The maximum Gasteiger partial charge on any atom is 0.244 e. The quantitative estimate of drug-likeness (QED) is 0.837. The molecule has 0 radical (unpaired) electrons. The predicted octanol–water partition coefficient (Wildman–Crippen LogP) is 4.32. The molecule has 0 bridgehead atoms. The molecule has 0 fully saturated rings. The smallest absolute Gasteiger partial charge is 0.244 e. The van der Waals surface area contributed by atoms with Gasteiger partial charge in [-0.15, -0.1) is 0 Å². The van der Waals surface area contributed by atoms with Crippen LogP contribution in [0.3, 0.4) is 0 Å². The summed E-state index contributed by atoms with van der Waals surface area (Å²) in [7, 11) is 0. The Morgan fingerprint density at radius 3 is 2.30 bits per heavy atom. The first-order valence-corrected chi connectivity index (χ1v) is 6.86. The van der Waals surface area contributed by atoms with Crippen molar-refractivity contribution in [3.05, 3.63) is 75.8 Å². The van der Waals surface area contributed by atoms with Gasteiger partial charge in [-0.05, 0) is 23.8 Å². The molecule has 0 saturated heterocycles. The summed E-state index contributed by atoms with van der Waals surface area (Å²) in [5.41, 5.74) is 1.69. The summed E-state index contributed by atoms with van der Waals surface area (Å²) in [6.45, 7) is 0.486. The van der Waals surface area contributed by atoms with E-state index < -0.39 is 0 Å². The fourth-order valence-corrected chi connectivity index (χ4v) is 2.20. The first-order chi connectivity index (χ1) is 9.66. The molecule has 2 aromatic rings. The summed E-state index contributed by atoms with van der Waals surface area (Å²) < 4.78 is 0. The molecule has 102 valence electrons. The van der Waals surface area contributed by atoms with Crippen LogP contribution in [0.2, 0.25) is 10.0 Å². The second-order valence-corrected chi connectivity index (χ2v) is 4.99. The van der Waals surface area contributed by atoms with Gasteiger partial charge in [0.15, 0.2) is 0 Å². The minimum atomic E-state index is -0.190. The lowest BCUT2D eigenvalue weighted by molar-refractivity contribution is -0.116. The maximum absolute atomic E-state index is 11.7. The van der Waals surface area contributed by atoms with Crippen LogP contribution in [0.4, 0.5) is 0 Å². The first kappa shape index (κ1) is 14.6. The zero-order chi connectivity index (χ0) is 14.4. The fourth-order valence-electron chi connectivity index (χ4n) is 1.67. The molecule has 1 amide bonds. The largest absolute Gasteiger partial charge is 0.348 e. The van der Waals surface area contributed by atoms with Crippen LogP contribution in [-0.2, 0) is 11.3 Å². The Kier molecular flexibility index (Phi) is 5.22. The van der Waals surface area contributed by atoms with Gasteiger partial charge in [-0.2, -0.15) is 0 Å². The lowest BCUT2D eigenvalue weighted by Crippen LogP contribution is -2.20. The molecule has 20 heavy (non-hydrogen) atoms. The monoisotopic (exact) mass is 305 g/mol. The van der Waals surface area contributed by atoms with Gasteiger partial charge in [-0.25, -0.2) is 0 Å². The number of carbonyl (C=O) groups excluding carboxylic acids is 1. The summed E-state index contributed by atoms with van der Waals surface area (Å²) in [4.78, 5) is 11.7. The lowest BCUT2D eigenvalue weighted by Gasteiger charge is -2.03. The van der Waals surface area contributed by atoms with Gasteiger partial charge >= 0.3 is 0 Å². The van der Waals surface area contributed by atoms with Crippen LogP contribution < -0.4 is 5.32 Å². The Bertz CT molecular complexity index is 603. The van der Waals surface area contributed by atoms with Gasteiger partial charge in [0.05, 0.1) is 0 Å². The van der Waals surface area contributed by atoms with E-state index in [9.17, 15) is 4.79 Å². The molecule has 0 atom stereocenters. The van der Waals surface area contributed by atoms with Crippen molar-refractivity contribution in [1.29, 1.82) is 0 Å². The molecule has 2 aromatic carbocycles. The highest BCUT2D eigenvalue weighted by molar-refractivity contribution is 6.37. The van der Waals surface area contributed by atoms with Gasteiger partial charge in [-0.3, -0.25) is 4.79 Å². The SMILES string of the molecule is O=C(/C=C/c1c(Cl)cccc1Cl)NCc1ccccc1. The molecule has 0 aliphatic rings. The van der Waals surface area contributed by atoms with Crippen molar-refractivity contribution in [1.82, 2.24) is 5.32 Å². The molecule has 0 aliphatic heterocycles. The summed E-state index contributed by atoms with van der Waals surface area (Å²) in [5.74, 6) is -0.190. The molecule has 0 aromatic heterocycles. The highest BCUT2D eigenvalue weighted by Crippen LogP contribution is 2.25. The van der Waals surface area contributed by atoms with Crippen LogP contribution in [-0.4, -0.2) is 5.91 Å². The molecule has 1 N–H and O–H groups in total. The molecule has 0 spiro atoms. The minimum Gasteiger partial charge on any atom is -0.348 e. The van der Waals surface area contributed by atoms with Crippen molar-refractivity contribution >= 4 is 35.2 Å². The first-order valence-electron chi connectivity index (χ1n) is 6.10. The second-order valence-electron chi connectivity index (χ2n) is 4.17. The molecular formula is C16H13Cl2NO. The third-order valence-electron chi connectivity index (χ3n) is 2.71. The summed E-state index contributed by atoms with van der Waals surface area (Å²) >= 11 is 12.0. The third-order valence-corrected chi connectivity index (χ3v) is 3.37. The Balaban J connectivity index is 1.96. The van der Waals surface area contributed by atoms with Gasteiger partial charge in [0.1, 0.15) is 0 Å². The molecule has 0 saturated carbocycles. The van der Waals surface area contributed by atoms with Gasteiger partial charge in [-0.1, -0.05) is 59.6 Å². The number of rotatable bonds is 4. The maximum atomic E-state index is 11.7. The van der Waals surface area contributed by atoms with Gasteiger partial charge in [0.25, 0.3) is 0 Å². The Hall–Kier alpha value is -1.77. The van der Waals surface area contributed by atoms with E-state index in [4.69, 9.17) is 23.2 Å². The van der Waals surface area contributed by atoms with Crippen molar-refractivity contribution in [3.63, 3.8) is 0 Å². The molecule has 2 nitrogen and oxygen atoms in total. The Labute approximate surface area is 128 Å². The number of nitrogens with one attached hydrogen (secondary N) is 1. The van der Waals surface area contributed by atoms with Crippen molar-refractivity contribution < 1.29 is 4.79 Å². The van der Waals surface area contributed by atoms with Crippen LogP contribution in [0.5, 0.6) is 0 Å². The van der Waals surface area contributed by atoms with E-state index >= 15 is 0 Å².